The van der Waals surface area contributed by atoms with E-state index >= 15 is 0 Å². The maximum absolute atomic E-state index is 13.8. The third kappa shape index (κ3) is 6.23. The summed E-state index contributed by atoms with van der Waals surface area (Å²) < 4.78 is 18.3. The van der Waals surface area contributed by atoms with Crippen LogP contribution in [0.2, 0.25) is 5.02 Å². The molecule has 4 rings (SSSR count). The summed E-state index contributed by atoms with van der Waals surface area (Å²) in [5.41, 5.74) is 1.75. The molecule has 2 heterocycles. The van der Waals surface area contributed by atoms with E-state index in [0.29, 0.717) is 43.5 Å². The predicted molar refractivity (Wildman–Crippen MR) is 147 cm³/mol. The summed E-state index contributed by atoms with van der Waals surface area (Å²) in [6.45, 7) is 6.87. The van der Waals surface area contributed by atoms with Crippen molar-refractivity contribution in [1.82, 2.24) is 4.57 Å². The van der Waals surface area contributed by atoms with Crippen LogP contribution < -0.4 is 24.4 Å². The minimum atomic E-state index is -1.11. The molecule has 0 bridgehead atoms. The van der Waals surface area contributed by atoms with Gasteiger partial charge in [-0.3, -0.25) is 9.36 Å². The number of aliphatic carboxylic acids is 1. The molecular weight excluding hydrogens is 544 g/mol. The smallest absolute Gasteiger partial charge is 0.341 e. The van der Waals surface area contributed by atoms with Gasteiger partial charge in [0.1, 0.15) is 0 Å². The molecule has 1 aromatic heterocycles. The summed E-state index contributed by atoms with van der Waals surface area (Å²) in [6.07, 6.45) is 1.34. The van der Waals surface area contributed by atoms with E-state index < -0.39 is 24.6 Å². The van der Waals surface area contributed by atoms with Gasteiger partial charge in [0.05, 0.1) is 34.6 Å². The van der Waals surface area contributed by atoms with Gasteiger partial charge in [-0.05, 0) is 69.2 Å². The monoisotopic (exact) mass is 570 g/mol. The van der Waals surface area contributed by atoms with Gasteiger partial charge in [0.2, 0.25) is 0 Å². The van der Waals surface area contributed by atoms with Gasteiger partial charge in [0, 0.05) is 5.02 Å². The summed E-state index contributed by atoms with van der Waals surface area (Å²) >= 11 is 7.31. The molecule has 9 nitrogen and oxygen atoms in total. The Morgan fingerprint density at radius 3 is 2.51 bits per heavy atom. The van der Waals surface area contributed by atoms with Gasteiger partial charge < -0.3 is 19.3 Å². The first-order valence-corrected chi connectivity index (χ1v) is 13.4. The highest BCUT2D eigenvalue weighted by molar-refractivity contribution is 7.07. The van der Waals surface area contributed by atoms with Gasteiger partial charge in [0.15, 0.2) is 22.9 Å². The van der Waals surface area contributed by atoms with Crippen LogP contribution in [0.5, 0.6) is 11.5 Å². The Morgan fingerprint density at radius 1 is 1.15 bits per heavy atom. The summed E-state index contributed by atoms with van der Waals surface area (Å²) in [4.78, 5) is 42.9. The zero-order valence-electron chi connectivity index (χ0n) is 21.8. The summed E-state index contributed by atoms with van der Waals surface area (Å²) in [5, 5.41) is 9.46. The summed E-state index contributed by atoms with van der Waals surface area (Å²) in [5.74, 6) is -1.01. The lowest BCUT2D eigenvalue weighted by Crippen LogP contribution is -2.40. The van der Waals surface area contributed by atoms with Crippen LogP contribution in [0.4, 0.5) is 0 Å². The van der Waals surface area contributed by atoms with Crippen molar-refractivity contribution < 1.29 is 28.9 Å². The third-order valence-electron chi connectivity index (χ3n) is 5.69. The second-order valence-electron chi connectivity index (χ2n) is 8.91. The molecule has 0 amide bonds. The van der Waals surface area contributed by atoms with Crippen LogP contribution in [0.3, 0.4) is 0 Å². The van der Waals surface area contributed by atoms with E-state index in [9.17, 15) is 14.4 Å². The Hall–Kier alpha value is -3.89. The molecule has 0 aliphatic carbocycles. The Kier molecular flexibility index (Phi) is 8.57. The number of nitrogens with zero attached hydrogens (tertiary/aromatic N) is 2. The highest BCUT2D eigenvalue weighted by Gasteiger charge is 2.33. The SMILES string of the molecule is CCOc1cc(C=c2sc3n(c2=O)C(c2ccc(Cl)cc2)C(C(=O)OC(C)C)=C(C)N=3)ccc1OCC(=O)O. The van der Waals surface area contributed by atoms with Crippen molar-refractivity contribution in [3.63, 3.8) is 0 Å². The van der Waals surface area contributed by atoms with Gasteiger partial charge >= 0.3 is 11.9 Å². The molecule has 0 spiro atoms. The van der Waals surface area contributed by atoms with Crippen molar-refractivity contribution in [2.75, 3.05) is 13.2 Å². The number of carboxylic acid groups (broad SMARTS) is 1. The van der Waals surface area contributed by atoms with Crippen LogP contribution in [-0.2, 0) is 14.3 Å². The quantitative estimate of drug-likeness (QED) is 0.390. The zero-order chi connectivity index (χ0) is 28.3. The standard InChI is InChI=1S/C28H27ClN2O7S/c1-5-36-21-12-17(6-11-20(21)37-14-23(32)33)13-22-26(34)31-25(18-7-9-19(29)10-8-18)24(27(35)38-15(2)3)16(4)30-28(31)39-22/h6-13,15,25H,5,14H2,1-4H3,(H,32,33). The number of halogens is 1. The molecule has 0 saturated carbocycles. The van der Waals surface area contributed by atoms with E-state index in [2.05, 4.69) is 4.99 Å². The first kappa shape index (κ1) is 28.1. The number of carbonyl (C=O) groups is 2. The van der Waals surface area contributed by atoms with E-state index in [1.165, 1.54) is 15.9 Å². The van der Waals surface area contributed by atoms with Gasteiger partial charge in [-0.25, -0.2) is 14.6 Å². The lowest BCUT2D eigenvalue weighted by molar-refractivity contribution is -0.143. The highest BCUT2D eigenvalue weighted by atomic mass is 35.5. The number of esters is 1. The van der Waals surface area contributed by atoms with E-state index in [-0.39, 0.29) is 23.0 Å². The fourth-order valence-corrected chi connectivity index (χ4v) is 5.29. The summed E-state index contributed by atoms with van der Waals surface area (Å²) in [6, 6.07) is 11.2. The normalized spacial score (nSPS) is 15.1. The number of ether oxygens (including phenoxy) is 3. The molecule has 3 aromatic rings. The van der Waals surface area contributed by atoms with E-state index in [1.54, 1.807) is 76.2 Å². The van der Waals surface area contributed by atoms with Crippen LogP contribution in [0, 0.1) is 0 Å². The predicted octanol–water partition coefficient (Wildman–Crippen LogP) is 3.70. The zero-order valence-corrected chi connectivity index (χ0v) is 23.3. The molecule has 0 fully saturated rings. The molecule has 0 radical (unpaired) electrons. The Balaban J connectivity index is 1.85. The first-order chi connectivity index (χ1) is 18.6. The second kappa shape index (κ2) is 11.9. The number of hydrogen-bond donors (Lipinski definition) is 1. The van der Waals surface area contributed by atoms with Crippen LogP contribution in [0.1, 0.15) is 44.9 Å². The fourth-order valence-electron chi connectivity index (χ4n) is 4.11. The van der Waals surface area contributed by atoms with Crippen molar-refractivity contribution in [3.05, 3.63) is 89.6 Å². The average Bonchev–Trinajstić information content (AvgIpc) is 3.17. The largest absolute Gasteiger partial charge is 0.490 e. The molecule has 1 atom stereocenters. The van der Waals surface area contributed by atoms with Crippen molar-refractivity contribution in [2.24, 2.45) is 4.99 Å². The molecule has 0 saturated heterocycles. The van der Waals surface area contributed by atoms with Gasteiger partial charge in [-0.15, -0.1) is 0 Å². The lowest BCUT2D eigenvalue weighted by atomic mass is 9.96. The second-order valence-corrected chi connectivity index (χ2v) is 10.4. The molecule has 39 heavy (non-hydrogen) atoms. The molecule has 1 aliphatic rings. The molecule has 204 valence electrons. The number of hydrogen-bond acceptors (Lipinski definition) is 8. The molecule has 2 aromatic carbocycles. The van der Waals surface area contributed by atoms with Crippen LogP contribution in [0.25, 0.3) is 6.08 Å². The molecular formula is C28H27ClN2O7S. The number of carboxylic acids is 1. The summed E-state index contributed by atoms with van der Waals surface area (Å²) in [7, 11) is 0. The fraction of sp³-hybridized carbons (Fsp3) is 0.286. The Bertz CT molecular complexity index is 1620. The number of thiazole rings is 1. The Labute approximate surface area is 233 Å². The Morgan fingerprint density at radius 2 is 1.87 bits per heavy atom. The lowest BCUT2D eigenvalue weighted by Gasteiger charge is -2.25. The molecule has 1 unspecified atom stereocenters. The molecule has 1 N–H and O–H groups in total. The van der Waals surface area contributed by atoms with E-state index in [0.717, 1.165) is 0 Å². The number of benzene rings is 2. The van der Waals surface area contributed by atoms with Crippen LogP contribution in [0.15, 0.2) is 63.5 Å². The number of allylic oxidation sites excluding steroid dienone is 1. The number of aromatic nitrogens is 1. The minimum absolute atomic E-state index is 0.281. The van der Waals surface area contributed by atoms with Gasteiger partial charge in [0.25, 0.3) is 5.56 Å². The molecule has 11 heteroatoms. The van der Waals surface area contributed by atoms with Crippen molar-refractivity contribution >= 4 is 41.0 Å². The third-order valence-corrected chi connectivity index (χ3v) is 6.92. The van der Waals surface area contributed by atoms with Crippen LogP contribution in [-0.4, -0.2) is 40.9 Å². The number of carbonyl (C=O) groups excluding carboxylic acids is 1. The number of fused-ring (bicyclic) bond motifs is 1. The maximum atomic E-state index is 13.8. The first-order valence-electron chi connectivity index (χ1n) is 12.2. The topological polar surface area (TPSA) is 116 Å². The number of rotatable bonds is 9. The van der Waals surface area contributed by atoms with Crippen molar-refractivity contribution in [1.29, 1.82) is 0 Å². The molecule has 1 aliphatic heterocycles. The van der Waals surface area contributed by atoms with Gasteiger partial charge in [-0.2, -0.15) is 0 Å². The highest BCUT2D eigenvalue weighted by Crippen LogP contribution is 2.32. The van der Waals surface area contributed by atoms with Crippen molar-refractivity contribution in [3.8, 4) is 11.5 Å². The van der Waals surface area contributed by atoms with Gasteiger partial charge in [-0.1, -0.05) is 41.1 Å². The van der Waals surface area contributed by atoms with Crippen molar-refractivity contribution in [2.45, 2.75) is 39.8 Å². The van der Waals surface area contributed by atoms with E-state index in [4.69, 9.17) is 30.9 Å². The minimum Gasteiger partial charge on any atom is -0.490 e. The van der Waals surface area contributed by atoms with E-state index in [1.807, 2.05) is 0 Å². The van der Waals surface area contributed by atoms with Crippen LogP contribution >= 0.6 is 22.9 Å². The maximum Gasteiger partial charge on any atom is 0.341 e. The average molecular weight is 571 g/mol.